The smallest absolute Gasteiger partial charge is 0.185 e. The van der Waals surface area contributed by atoms with E-state index in [2.05, 4.69) is 47.9 Å². The minimum atomic E-state index is 0.557. The van der Waals surface area contributed by atoms with Gasteiger partial charge in [0.2, 0.25) is 0 Å². The number of anilines is 1. The highest BCUT2D eigenvalue weighted by molar-refractivity contribution is 7.15. The van der Waals surface area contributed by atoms with E-state index in [9.17, 15) is 0 Å². The maximum absolute atomic E-state index is 4.60. The Bertz CT molecular complexity index is 391. The summed E-state index contributed by atoms with van der Waals surface area (Å²) in [7, 11) is 2.19. The molecule has 2 rings (SSSR count). The van der Waals surface area contributed by atoms with Crippen LogP contribution in [0.1, 0.15) is 25.6 Å². The number of nitrogens with zero attached hydrogens (tertiary/aromatic N) is 3. The Morgan fingerprint density at radius 2 is 2.26 bits per heavy atom. The fourth-order valence-electron chi connectivity index (χ4n) is 2.42. The van der Waals surface area contributed by atoms with E-state index in [-0.39, 0.29) is 0 Å². The van der Waals surface area contributed by atoms with E-state index in [4.69, 9.17) is 0 Å². The van der Waals surface area contributed by atoms with Crippen LogP contribution < -0.4 is 10.2 Å². The van der Waals surface area contributed by atoms with Crippen molar-refractivity contribution < 1.29 is 0 Å². The SMILES string of the molecule is CC(C)CNCc1cnc(N2CCN(C)CC2C)s1. The predicted molar refractivity (Wildman–Crippen MR) is 83.0 cm³/mol. The second-order valence-electron chi connectivity index (χ2n) is 5.94. The largest absolute Gasteiger partial charge is 0.343 e. The van der Waals surface area contributed by atoms with Crippen LogP contribution in [0.25, 0.3) is 0 Å². The van der Waals surface area contributed by atoms with E-state index in [1.165, 1.54) is 10.0 Å². The fraction of sp³-hybridized carbons (Fsp3) is 0.786. The molecule has 108 valence electrons. The average molecular weight is 282 g/mol. The summed E-state index contributed by atoms with van der Waals surface area (Å²) in [4.78, 5) is 10.8. The van der Waals surface area contributed by atoms with Gasteiger partial charge in [-0.25, -0.2) is 4.98 Å². The first kappa shape index (κ1) is 14.8. The zero-order valence-corrected chi connectivity index (χ0v) is 13.3. The van der Waals surface area contributed by atoms with Gasteiger partial charge < -0.3 is 15.1 Å². The van der Waals surface area contributed by atoms with E-state index in [1.54, 1.807) is 0 Å². The van der Waals surface area contributed by atoms with Gasteiger partial charge >= 0.3 is 0 Å². The van der Waals surface area contributed by atoms with Crippen LogP contribution in [0.4, 0.5) is 5.13 Å². The molecule has 0 bridgehead atoms. The van der Waals surface area contributed by atoms with Crippen LogP contribution in [0, 0.1) is 5.92 Å². The van der Waals surface area contributed by atoms with Crippen LogP contribution in [0.3, 0.4) is 0 Å². The quantitative estimate of drug-likeness (QED) is 0.895. The lowest BCUT2D eigenvalue weighted by Gasteiger charge is -2.38. The Hall–Kier alpha value is -0.650. The van der Waals surface area contributed by atoms with Gasteiger partial charge in [0, 0.05) is 43.3 Å². The van der Waals surface area contributed by atoms with Gasteiger partial charge in [0.05, 0.1) is 0 Å². The molecule has 2 heterocycles. The molecule has 0 aromatic carbocycles. The number of likely N-dealkylation sites (N-methyl/N-ethyl adjacent to an activating group) is 1. The molecule has 1 atom stereocenters. The first-order valence-corrected chi connectivity index (χ1v) is 7.98. The van der Waals surface area contributed by atoms with E-state index in [0.29, 0.717) is 12.0 Å². The molecule has 0 radical (unpaired) electrons. The topological polar surface area (TPSA) is 31.4 Å². The molecule has 1 aliphatic rings. The zero-order chi connectivity index (χ0) is 13.8. The summed E-state index contributed by atoms with van der Waals surface area (Å²) in [6.07, 6.45) is 2.03. The molecule has 0 spiro atoms. The molecule has 1 saturated heterocycles. The van der Waals surface area contributed by atoms with Crippen molar-refractivity contribution in [3.8, 4) is 0 Å². The number of nitrogens with one attached hydrogen (secondary N) is 1. The number of piperazine rings is 1. The van der Waals surface area contributed by atoms with Crippen LogP contribution >= 0.6 is 11.3 Å². The highest BCUT2D eigenvalue weighted by Crippen LogP contribution is 2.25. The molecule has 0 saturated carbocycles. The first-order chi connectivity index (χ1) is 9.06. The minimum Gasteiger partial charge on any atom is -0.343 e. The van der Waals surface area contributed by atoms with Gasteiger partial charge in [-0.3, -0.25) is 0 Å². The normalized spacial score (nSPS) is 21.3. The molecule has 5 heteroatoms. The van der Waals surface area contributed by atoms with Gasteiger partial charge in [-0.1, -0.05) is 13.8 Å². The molecule has 1 N–H and O–H groups in total. The van der Waals surface area contributed by atoms with Crippen LogP contribution in [0.2, 0.25) is 0 Å². The van der Waals surface area contributed by atoms with Crippen molar-refractivity contribution in [1.82, 2.24) is 15.2 Å². The summed E-state index contributed by atoms with van der Waals surface area (Å²) in [5.74, 6) is 0.699. The van der Waals surface area contributed by atoms with Crippen molar-refractivity contribution in [2.45, 2.75) is 33.4 Å². The third-order valence-corrected chi connectivity index (χ3v) is 4.50. The Labute approximate surface area is 120 Å². The predicted octanol–water partition coefficient (Wildman–Crippen LogP) is 2.03. The summed E-state index contributed by atoms with van der Waals surface area (Å²) < 4.78 is 0. The number of rotatable bonds is 5. The molecule has 1 aromatic rings. The van der Waals surface area contributed by atoms with Crippen molar-refractivity contribution >= 4 is 16.5 Å². The standard InChI is InChI=1S/C14H26N4S/c1-11(2)7-15-8-13-9-16-14(19-13)18-6-5-17(4)10-12(18)3/h9,11-12,15H,5-8,10H2,1-4H3. The molecule has 1 unspecified atom stereocenters. The first-order valence-electron chi connectivity index (χ1n) is 7.17. The van der Waals surface area contributed by atoms with Gasteiger partial charge in [-0.2, -0.15) is 0 Å². The van der Waals surface area contributed by atoms with Crippen molar-refractivity contribution in [3.63, 3.8) is 0 Å². The lowest BCUT2D eigenvalue weighted by Crippen LogP contribution is -2.50. The van der Waals surface area contributed by atoms with Gasteiger partial charge in [-0.15, -0.1) is 11.3 Å². The molecule has 1 fully saturated rings. The highest BCUT2D eigenvalue weighted by atomic mass is 32.1. The average Bonchev–Trinajstić information content (AvgIpc) is 2.77. The molecule has 0 amide bonds. The highest BCUT2D eigenvalue weighted by Gasteiger charge is 2.23. The van der Waals surface area contributed by atoms with Gasteiger partial charge in [-0.05, 0) is 26.4 Å². The zero-order valence-electron chi connectivity index (χ0n) is 12.5. The Kier molecular flexibility index (Phi) is 5.19. The Morgan fingerprint density at radius 1 is 1.47 bits per heavy atom. The Morgan fingerprint density at radius 3 is 2.95 bits per heavy atom. The van der Waals surface area contributed by atoms with Crippen LogP contribution in [0.15, 0.2) is 6.20 Å². The van der Waals surface area contributed by atoms with Gasteiger partial charge in [0.25, 0.3) is 0 Å². The number of hydrogen-bond acceptors (Lipinski definition) is 5. The number of aromatic nitrogens is 1. The molecule has 1 aromatic heterocycles. The Balaban J connectivity index is 1.89. The summed E-state index contributed by atoms with van der Waals surface area (Å²) in [6, 6.07) is 0.557. The van der Waals surface area contributed by atoms with Gasteiger partial charge in [0.1, 0.15) is 0 Å². The summed E-state index contributed by atoms with van der Waals surface area (Å²) in [5, 5.41) is 4.66. The fourth-order valence-corrected chi connectivity index (χ4v) is 3.43. The second kappa shape index (κ2) is 6.68. The molecule has 19 heavy (non-hydrogen) atoms. The van der Waals surface area contributed by atoms with E-state index < -0.39 is 0 Å². The second-order valence-corrected chi connectivity index (χ2v) is 7.03. The van der Waals surface area contributed by atoms with Crippen LogP contribution in [-0.2, 0) is 6.54 Å². The molecule has 0 aliphatic carbocycles. The van der Waals surface area contributed by atoms with Crippen molar-refractivity contribution in [2.75, 3.05) is 38.1 Å². The lowest BCUT2D eigenvalue weighted by molar-refractivity contribution is 0.275. The molecular formula is C14H26N4S. The molecule has 1 aliphatic heterocycles. The molecular weight excluding hydrogens is 256 g/mol. The molecule has 4 nitrogen and oxygen atoms in total. The maximum atomic E-state index is 4.60. The van der Waals surface area contributed by atoms with Crippen molar-refractivity contribution in [2.24, 2.45) is 5.92 Å². The number of hydrogen-bond donors (Lipinski definition) is 1. The van der Waals surface area contributed by atoms with Crippen molar-refractivity contribution in [1.29, 1.82) is 0 Å². The summed E-state index contributed by atoms with van der Waals surface area (Å²) in [6.45, 7) is 12.1. The minimum absolute atomic E-state index is 0.557. The maximum Gasteiger partial charge on any atom is 0.185 e. The van der Waals surface area contributed by atoms with Crippen LogP contribution in [-0.4, -0.2) is 49.2 Å². The number of thiazole rings is 1. The third kappa shape index (κ3) is 4.16. The summed E-state index contributed by atoms with van der Waals surface area (Å²) >= 11 is 1.83. The van der Waals surface area contributed by atoms with Gasteiger partial charge in [0.15, 0.2) is 5.13 Å². The van der Waals surface area contributed by atoms with E-state index in [1.807, 2.05) is 17.5 Å². The van der Waals surface area contributed by atoms with Crippen LogP contribution in [0.5, 0.6) is 0 Å². The van der Waals surface area contributed by atoms with Crippen molar-refractivity contribution in [3.05, 3.63) is 11.1 Å². The summed E-state index contributed by atoms with van der Waals surface area (Å²) in [5.41, 5.74) is 0. The monoisotopic (exact) mass is 282 g/mol. The van der Waals surface area contributed by atoms with E-state index in [0.717, 1.165) is 32.7 Å². The van der Waals surface area contributed by atoms with E-state index >= 15 is 0 Å². The third-order valence-electron chi connectivity index (χ3n) is 3.47. The lowest BCUT2D eigenvalue weighted by atomic mass is 10.2.